The van der Waals surface area contributed by atoms with Crippen LogP contribution in [0, 0.1) is 0 Å². The number of carbonyl (C=O) groups excluding carboxylic acids is 1. The predicted molar refractivity (Wildman–Crippen MR) is 44.1 cm³/mol. The lowest BCUT2D eigenvalue weighted by molar-refractivity contribution is -0.137. The van der Waals surface area contributed by atoms with Gasteiger partial charge in [-0.05, 0) is 0 Å². The first-order chi connectivity index (χ1) is 6.73. The number of aromatic carboxylic acids is 1. The van der Waals surface area contributed by atoms with Gasteiger partial charge in [-0.15, -0.1) is 11.3 Å². The summed E-state index contributed by atoms with van der Waals surface area (Å²) in [7, 11) is 0. The summed E-state index contributed by atoms with van der Waals surface area (Å²) < 4.78 is 36.5. The van der Waals surface area contributed by atoms with Crippen LogP contribution >= 0.6 is 11.3 Å². The van der Waals surface area contributed by atoms with Gasteiger partial charge in [0.25, 0.3) is 0 Å². The van der Waals surface area contributed by atoms with Crippen molar-refractivity contribution in [2.45, 2.75) is 13.1 Å². The number of thiazole rings is 1. The minimum Gasteiger partial charge on any atom is -0.476 e. The molecule has 1 heterocycles. The van der Waals surface area contributed by atoms with Crippen molar-refractivity contribution in [1.29, 1.82) is 0 Å². The molecule has 4 nitrogen and oxygen atoms in total. The number of carbonyl (C=O) groups is 2. The van der Waals surface area contributed by atoms with E-state index < -0.39 is 33.5 Å². The summed E-state index contributed by atoms with van der Waals surface area (Å²) in [6.45, 7) is 0.986. The van der Waals surface area contributed by atoms with Gasteiger partial charge in [-0.3, -0.25) is 4.79 Å². The van der Waals surface area contributed by atoms with Crippen LogP contribution in [-0.4, -0.2) is 21.8 Å². The lowest BCUT2D eigenvalue weighted by Crippen LogP contribution is -2.06. The van der Waals surface area contributed by atoms with Crippen LogP contribution in [0.4, 0.5) is 13.2 Å². The minimum atomic E-state index is -4.73. The van der Waals surface area contributed by atoms with Crippen molar-refractivity contribution >= 4 is 23.1 Å². The number of alkyl halides is 3. The molecule has 0 saturated heterocycles. The van der Waals surface area contributed by atoms with E-state index in [2.05, 4.69) is 4.98 Å². The van der Waals surface area contributed by atoms with Gasteiger partial charge in [0.15, 0.2) is 16.5 Å². The van der Waals surface area contributed by atoms with Crippen LogP contribution in [0.5, 0.6) is 0 Å². The van der Waals surface area contributed by atoms with Gasteiger partial charge in [0.05, 0.1) is 0 Å². The summed E-state index contributed by atoms with van der Waals surface area (Å²) >= 11 is 0.0364. The molecule has 8 heteroatoms. The van der Waals surface area contributed by atoms with Crippen molar-refractivity contribution in [3.8, 4) is 0 Å². The zero-order chi connectivity index (χ0) is 11.8. The summed E-state index contributed by atoms with van der Waals surface area (Å²) in [5.41, 5.74) is -0.847. The van der Waals surface area contributed by atoms with Crippen LogP contribution in [0.25, 0.3) is 0 Å². The molecule has 0 bridgehead atoms. The van der Waals surface area contributed by atoms with Gasteiger partial charge in [-0.25, -0.2) is 9.78 Å². The van der Waals surface area contributed by atoms with Gasteiger partial charge in [0, 0.05) is 6.92 Å². The summed E-state index contributed by atoms with van der Waals surface area (Å²) in [4.78, 5) is 23.7. The maximum Gasteiger partial charge on any atom is 0.443 e. The second-order valence-electron chi connectivity index (χ2n) is 2.56. The fourth-order valence-corrected chi connectivity index (χ4v) is 1.64. The standard InChI is InChI=1S/C7H4F3NO3S/c1-2(12)4-3(5(13)14)11-6(15-4)7(8,9)10/h1H3,(H,13,14). The molecule has 0 aliphatic rings. The highest BCUT2D eigenvalue weighted by Gasteiger charge is 2.37. The average molecular weight is 239 g/mol. The number of nitrogens with zero attached hydrogens (tertiary/aromatic N) is 1. The first-order valence-corrected chi connectivity index (χ1v) is 4.37. The predicted octanol–water partition coefficient (Wildman–Crippen LogP) is 2.06. The van der Waals surface area contributed by atoms with Crippen molar-refractivity contribution in [1.82, 2.24) is 4.98 Å². The number of hydrogen-bond acceptors (Lipinski definition) is 4. The maximum absolute atomic E-state index is 12.2. The summed E-state index contributed by atoms with van der Waals surface area (Å²) in [6.07, 6.45) is -4.73. The molecule has 82 valence electrons. The monoisotopic (exact) mass is 239 g/mol. The third kappa shape index (κ3) is 2.32. The Balaban J connectivity index is 3.34. The van der Waals surface area contributed by atoms with Gasteiger partial charge in [-0.2, -0.15) is 13.2 Å². The molecule has 1 N–H and O–H groups in total. The highest BCUT2D eigenvalue weighted by molar-refractivity contribution is 7.14. The van der Waals surface area contributed by atoms with Gasteiger partial charge in [0.1, 0.15) is 4.88 Å². The number of aromatic nitrogens is 1. The number of ketones is 1. The zero-order valence-electron chi connectivity index (χ0n) is 7.25. The molecule has 0 unspecified atom stereocenters. The molecular formula is C7H4F3NO3S. The molecule has 0 fully saturated rings. The molecule has 0 amide bonds. The SMILES string of the molecule is CC(=O)c1sc(C(F)(F)F)nc1C(=O)O. The Bertz CT molecular complexity index is 392. The second kappa shape index (κ2) is 3.61. The fraction of sp³-hybridized carbons (Fsp3) is 0.286. The third-order valence-electron chi connectivity index (χ3n) is 1.39. The molecule has 0 aliphatic carbocycles. The molecule has 0 atom stereocenters. The average Bonchev–Trinajstić information content (AvgIpc) is 2.45. The van der Waals surface area contributed by atoms with Gasteiger partial charge < -0.3 is 5.11 Å². The molecule has 1 aromatic heterocycles. The van der Waals surface area contributed by atoms with E-state index >= 15 is 0 Å². The number of hydrogen-bond donors (Lipinski definition) is 1. The number of carboxylic acids is 1. The van der Waals surface area contributed by atoms with E-state index in [4.69, 9.17) is 5.11 Å². The Morgan fingerprint density at radius 2 is 1.93 bits per heavy atom. The molecule has 15 heavy (non-hydrogen) atoms. The van der Waals surface area contributed by atoms with Crippen molar-refractivity contribution < 1.29 is 27.9 Å². The smallest absolute Gasteiger partial charge is 0.443 e. The first-order valence-electron chi connectivity index (χ1n) is 3.55. The van der Waals surface area contributed by atoms with Crippen LogP contribution in [0.15, 0.2) is 0 Å². The van der Waals surface area contributed by atoms with E-state index in [9.17, 15) is 22.8 Å². The lowest BCUT2D eigenvalue weighted by Gasteiger charge is -1.98. The largest absolute Gasteiger partial charge is 0.476 e. The molecule has 0 spiro atoms. The maximum atomic E-state index is 12.2. The van der Waals surface area contributed by atoms with Crippen LogP contribution in [0.2, 0.25) is 0 Å². The molecule has 0 radical (unpaired) electrons. The van der Waals surface area contributed by atoms with E-state index in [0.717, 1.165) is 6.92 Å². The van der Waals surface area contributed by atoms with E-state index in [-0.39, 0.29) is 11.3 Å². The molecule has 0 aliphatic heterocycles. The molecule has 0 saturated carbocycles. The van der Waals surface area contributed by atoms with Crippen LogP contribution in [0.3, 0.4) is 0 Å². The topological polar surface area (TPSA) is 67.3 Å². The van der Waals surface area contributed by atoms with Crippen LogP contribution < -0.4 is 0 Å². The molecule has 0 aromatic carbocycles. The third-order valence-corrected chi connectivity index (χ3v) is 2.59. The Morgan fingerprint density at radius 1 is 1.40 bits per heavy atom. The highest BCUT2D eigenvalue weighted by atomic mass is 32.1. The van der Waals surface area contributed by atoms with E-state index in [1.54, 1.807) is 0 Å². The highest BCUT2D eigenvalue weighted by Crippen LogP contribution is 2.34. The Kier molecular flexibility index (Phi) is 2.80. The Labute approximate surface area is 85.4 Å². The number of rotatable bonds is 2. The molecular weight excluding hydrogens is 235 g/mol. The van der Waals surface area contributed by atoms with Gasteiger partial charge in [0.2, 0.25) is 0 Å². The fourth-order valence-electron chi connectivity index (χ4n) is 0.825. The van der Waals surface area contributed by atoms with Gasteiger partial charge >= 0.3 is 12.1 Å². The quantitative estimate of drug-likeness (QED) is 0.802. The molecule has 1 rings (SSSR count). The van der Waals surface area contributed by atoms with Crippen molar-refractivity contribution in [2.75, 3.05) is 0 Å². The zero-order valence-corrected chi connectivity index (χ0v) is 8.07. The summed E-state index contributed by atoms with van der Waals surface area (Å²) in [5.74, 6) is -2.40. The van der Waals surface area contributed by atoms with E-state index in [1.165, 1.54) is 0 Å². The van der Waals surface area contributed by atoms with Gasteiger partial charge in [-0.1, -0.05) is 0 Å². The van der Waals surface area contributed by atoms with E-state index in [0.29, 0.717) is 0 Å². The summed E-state index contributed by atoms with van der Waals surface area (Å²) in [5, 5.41) is 7.19. The normalized spacial score (nSPS) is 11.5. The van der Waals surface area contributed by atoms with Crippen molar-refractivity contribution in [3.63, 3.8) is 0 Å². The van der Waals surface area contributed by atoms with Crippen LogP contribution in [-0.2, 0) is 6.18 Å². The summed E-state index contributed by atoms with van der Waals surface area (Å²) in [6, 6.07) is 0. The minimum absolute atomic E-state index is 0.0364. The number of Topliss-reactive ketones (excluding diaryl/α,β-unsaturated/α-hetero) is 1. The Hall–Kier alpha value is -1.44. The second-order valence-corrected chi connectivity index (χ2v) is 3.55. The Morgan fingerprint density at radius 3 is 2.20 bits per heavy atom. The van der Waals surface area contributed by atoms with Crippen molar-refractivity contribution in [2.24, 2.45) is 0 Å². The van der Waals surface area contributed by atoms with E-state index in [1.807, 2.05) is 0 Å². The first kappa shape index (κ1) is 11.6. The van der Waals surface area contributed by atoms with Crippen LogP contribution in [0.1, 0.15) is 32.1 Å². The lowest BCUT2D eigenvalue weighted by atomic mass is 10.3. The van der Waals surface area contributed by atoms with Crippen molar-refractivity contribution in [3.05, 3.63) is 15.6 Å². The molecule has 1 aromatic rings. The number of halogens is 3. The number of carboxylic acid groups (broad SMARTS) is 1.